The Hall–Kier alpha value is -1.65. The standard InChI is InChI=1S/C16H20O4/c17-13-5-1-3-11(9-13)7-8-12-4-2-6-14(18)16(20)15(19)10-12/h1-3,5-6,9,12,15-17,19-20H,4,7-8,10H2. The number of phenols is 1. The summed E-state index contributed by atoms with van der Waals surface area (Å²) in [7, 11) is 0. The molecular formula is C16H20O4. The Bertz CT molecular complexity index is 495. The van der Waals surface area contributed by atoms with Crippen molar-refractivity contribution in [1.29, 1.82) is 0 Å². The summed E-state index contributed by atoms with van der Waals surface area (Å²) >= 11 is 0. The van der Waals surface area contributed by atoms with E-state index in [1.165, 1.54) is 6.08 Å². The van der Waals surface area contributed by atoms with Crippen LogP contribution in [0.5, 0.6) is 5.75 Å². The minimum atomic E-state index is -1.31. The number of hydrogen-bond donors (Lipinski definition) is 3. The highest BCUT2D eigenvalue weighted by Crippen LogP contribution is 2.23. The molecule has 0 amide bonds. The number of aryl methyl sites for hydroxylation is 1. The Kier molecular flexibility index (Phi) is 4.93. The van der Waals surface area contributed by atoms with E-state index in [0.717, 1.165) is 18.4 Å². The first-order valence-electron chi connectivity index (χ1n) is 6.90. The van der Waals surface area contributed by atoms with Gasteiger partial charge in [-0.05, 0) is 55.4 Å². The van der Waals surface area contributed by atoms with Gasteiger partial charge in [-0.1, -0.05) is 18.2 Å². The van der Waals surface area contributed by atoms with Gasteiger partial charge in [-0.15, -0.1) is 0 Å². The second kappa shape index (κ2) is 6.68. The summed E-state index contributed by atoms with van der Waals surface area (Å²) < 4.78 is 0. The Morgan fingerprint density at radius 3 is 2.80 bits per heavy atom. The number of aliphatic hydroxyl groups excluding tert-OH is 2. The molecule has 1 aliphatic carbocycles. The maximum Gasteiger partial charge on any atom is 0.186 e. The number of benzene rings is 1. The molecule has 108 valence electrons. The van der Waals surface area contributed by atoms with E-state index in [1.807, 2.05) is 6.07 Å². The van der Waals surface area contributed by atoms with Crippen molar-refractivity contribution in [2.75, 3.05) is 0 Å². The molecule has 2 rings (SSSR count). The topological polar surface area (TPSA) is 77.8 Å². The van der Waals surface area contributed by atoms with Gasteiger partial charge in [0.25, 0.3) is 0 Å². The van der Waals surface area contributed by atoms with Crippen LogP contribution < -0.4 is 0 Å². The van der Waals surface area contributed by atoms with E-state index in [1.54, 1.807) is 24.3 Å². The zero-order valence-electron chi connectivity index (χ0n) is 11.3. The highest BCUT2D eigenvalue weighted by Gasteiger charge is 2.26. The molecule has 3 N–H and O–H groups in total. The first kappa shape index (κ1) is 14.8. The van der Waals surface area contributed by atoms with Gasteiger partial charge in [0.2, 0.25) is 0 Å². The lowest BCUT2D eigenvalue weighted by atomic mass is 9.87. The fourth-order valence-corrected chi connectivity index (χ4v) is 2.55. The number of hydrogen-bond acceptors (Lipinski definition) is 4. The van der Waals surface area contributed by atoms with E-state index >= 15 is 0 Å². The predicted molar refractivity (Wildman–Crippen MR) is 75.3 cm³/mol. The van der Waals surface area contributed by atoms with E-state index in [2.05, 4.69) is 0 Å². The average molecular weight is 276 g/mol. The minimum Gasteiger partial charge on any atom is -0.508 e. The van der Waals surface area contributed by atoms with Crippen LogP contribution in [-0.2, 0) is 11.2 Å². The maximum atomic E-state index is 11.4. The smallest absolute Gasteiger partial charge is 0.186 e. The van der Waals surface area contributed by atoms with Crippen molar-refractivity contribution in [3.63, 3.8) is 0 Å². The number of carbonyl (C=O) groups excluding carboxylic acids is 1. The van der Waals surface area contributed by atoms with Crippen LogP contribution in [0.15, 0.2) is 36.4 Å². The molecule has 0 fully saturated rings. The van der Waals surface area contributed by atoms with Crippen LogP contribution in [0.4, 0.5) is 0 Å². The van der Waals surface area contributed by atoms with Gasteiger partial charge < -0.3 is 15.3 Å². The van der Waals surface area contributed by atoms with Crippen LogP contribution in [0.3, 0.4) is 0 Å². The summed E-state index contributed by atoms with van der Waals surface area (Å²) in [5.41, 5.74) is 1.04. The van der Waals surface area contributed by atoms with Gasteiger partial charge in [0.15, 0.2) is 5.78 Å². The van der Waals surface area contributed by atoms with Gasteiger partial charge in [-0.3, -0.25) is 4.79 Å². The third kappa shape index (κ3) is 3.92. The lowest BCUT2D eigenvalue weighted by Crippen LogP contribution is -2.35. The third-order valence-electron chi connectivity index (χ3n) is 3.73. The predicted octanol–water partition coefficient (Wildman–Crippen LogP) is 1.58. The van der Waals surface area contributed by atoms with E-state index in [0.29, 0.717) is 12.8 Å². The maximum absolute atomic E-state index is 11.4. The first-order chi connectivity index (χ1) is 9.56. The van der Waals surface area contributed by atoms with E-state index in [-0.39, 0.29) is 11.7 Å². The van der Waals surface area contributed by atoms with Gasteiger partial charge in [-0.25, -0.2) is 0 Å². The zero-order valence-corrected chi connectivity index (χ0v) is 11.3. The highest BCUT2D eigenvalue weighted by atomic mass is 16.3. The van der Waals surface area contributed by atoms with Crippen LogP contribution in [0.2, 0.25) is 0 Å². The molecule has 0 radical (unpaired) electrons. The van der Waals surface area contributed by atoms with Crippen molar-refractivity contribution in [1.82, 2.24) is 0 Å². The second-order valence-corrected chi connectivity index (χ2v) is 5.36. The van der Waals surface area contributed by atoms with Gasteiger partial charge in [-0.2, -0.15) is 0 Å². The second-order valence-electron chi connectivity index (χ2n) is 5.36. The van der Waals surface area contributed by atoms with Crippen LogP contribution in [0.1, 0.15) is 24.8 Å². The van der Waals surface area contributed by atoms with Crippen molar-refractivity contribution in [3.8, 4) is 5.75 Å². The third-order valence-corrected chi connectivity index (χ3v) is 3.73. The lowest BCUT2D eigenvalue weighted by Gasteiger charge is -2.23. The summed E-state index contributed by atoms with van der Waals surface area (Å²) in [5, 5.41) is 28.8. The van der Waals surface area contributed by atoms with E-state index < -0.39 is 18.0 Å². The molecule has 3 unspecified atom stereocenters. The normalized spacial score (nSPS) is 27.1. The molecule has 0 spiro atoms. The van der Waals surface area contributed by atoms with Crippen molar-refractivity contribution in [2.45, 2.75) is 37.9 Å². The summed E-state index contributed by atoms with van der Waals surface area (Å²) in [6.07, 6.45) is 3.58. The molecule has 0 saturated heterocycles. The SMILES string of the molecule is O=C1C=CCC(CCc2cccc(O)c2)CC(O)C1O. The Morgan fingerprint density at radius 2 is 2.05 bits per heavy atom. The zero-order chi connectivity index (χ0) is 14.5. The van der Waals surface area contributed by atoms with Crippen LogP contribution >= 0.6 is 0 Å². The van der Waals surface area contributed by atoms with Crippen LogP contribution in [-0.4, -0.2) is 33.3 Å². The molecule has 20 heavy (non-hydrogen) atoms. The molecule has 4 heteroatoms. The number of phenolic OH excluding ortho intramolecular Hbond substituents is 1. The molecule has 0 heterocycles. The number of ketones is 1. The monoisotopic (exact) mass is 276 g/mol. The van der Waals surface area contributed by atoms with Crippen LogP contribution in [0.25, 0.3) is 0 Å². The summed E-state index contributed by atoms with van der Waals surface area (Å²) in [6.45, 7) is 0. The fraction of sp³-hybridized carbons (Fsp3) is 0.438. The van der Waals surface area contributed by atoms with Crippen molar-refractivity contribution < 1.29 is 20.1 Å². The van der Waals surface area contributed by atoms with Crippen LogP contribution in [0, 0.1) is 5.92 Å². The summed E-state index contributed by atoms with van der Waals surface area (Å²) in [6, 6.07) is 7.12. The number of carbonyl (C=O) groups is 1. The van der Waals surface area contributed by atoms with Gasteiger partial charge in [0, 0.05) is 0 Å². The minimum absolute atomic E-state index is 0.214. The molecule has 0 saturated carbocycles. The number of rotatable bonds is 3. The van der Waals surface area contributed by atoms with E-state index in [9.17, 15) is 20.1 Å². The van der Waals surface area contributed by atoms with Crippen molar-refractivity contribution >= 4 is 5.78 Å². The summed E-state index contributed by atoms with van der Waals surface area (Å²) in [5.74, 6) is 0.0383. The fourth-order valence-electron chi connectivity index (χ4n) is 2.55. The number of aromatic hydroxyl groups is 1. The number of aliphatic hydroxyl groups is 2. The molecular weight excluding hydrogens is 256 g/mol. The molecule has 1 aromatic carbocycles. The molecule has 0 aliphatic heterocycles. The van der Waals surface area contributed by atoms with Gasteiger partial charge >= 0.3 is 0 Å². The van der Waals surface area contributed by atoms with Gasteiger partial charge in [0.1, 0.15) is 11.9 Å². The molecule has 4 nitrogen and oxygen atoms in total. The Labute approximate surface area is 118 Å². The lowest BCUT2D eigenvalue weighted by molar-refractivity contribution is -0.128. The molecule has 3 atom stereocenters. The average Bonchev–Trinajstić information content (AvgIpc) is 2.42. The molecule has 1 aromatic rings. The Morgan fingerprint density at radius 1 is 1.25 bits per heavy atom. The summed E-state index contributed by atoms with van der Waals surface area (Å²) in [4.78, 5) is 11.4. The first-order valence-corrected chi connectivity index (χ1v) is 6.90. The molecule has 0 aromatic heterocycles. The van der Waals surface area contributed by atoms with Crippen molar-refractivity contribution in [3.05, 3.63) is 42.0 Å². The van der Waals surface area contributed by atoms with Gasteiger partial charge in [0.05, 0.1) is 6.10 Å². The van der Waals surface area contributed by atoms with E-state index in [4.69, 9.17) is 0 Å². The largest absolute Gasteiger partial charge is 0.508 e. The molecule has 1 aliphatic rings. The van der Waals surface area contributed by atoms with Crippen molar-refractivity contribution in [2.24, 2.45) is 5.92 Å². The Balaban J connectivity index is 1.95. The highest BCUT2D eigenvalue weighted by molar-refractivity contribution is 5.93. The molecule has 0 bridgehead atoms. The quantitative estimate of drug-likeness (QED) is 0.783. The number of allylic oxidation sites excluding steroid dienone is 1.